The molecule has 0 spiro atoms. The number of fused-ring (bicyclic) bond motifs is 6. The van der Waals surface area contributed by atoms with Gasteiger partial charge in [-0.25, -0.2) is 15.0 Å². The van der Waals surface area contributed by atoms with Crippen molar-refractivity contribution in [2.75, 3.05) is 0 Å². The zero-order valence-electron chi connectivity index (χ0n) is 26.6. The number of benzene rings is 6. The Morgan fingerprint density at radius 3 is 1.90 bits per heavy atom. The van der Waals surface area contributed by atoms with Crippen molar-refractivity contribution in [2.24, 2.45) is 0 Å². The number of furan rings is 2. The van der Waals surface area contributed by atoms with Crippen molar-refractivity contribution in [3.63, 3.8) is 0 Å². The molecule has 0 fully saturated rings. The number of rotatable bonds is 5. The second-order valence-corrected chi connectivity index (χ2v) is 12.2. The number of nitrogens with zero attached hydrogens (tertiary/aromatic N) is 4. The van der Waals surface area contributed by atoms with Crippen LogP contribution in [-0.2, 0) is 0 Å². The maximum Gasteiger partial charge on any atom is 0.164 e. The quantitative estimate of drug-likeness (QED) is 0.186. The zero-order chi connectivity index (χ0) is 33.0. The Labute approximate surface area is 286 Å². The van der Waals surface area contributed by atoms with Crippen LogP contribution in [0.1, 0.15) is 0 Å². The number of pyridine rings is 1. The van der Waals surface area contributed by atoms with Crippen LogP contribution >= 0.6 is 0 Å². The molecule has 234 valence electrons. The van der Waals surface area contributed by atoms with Crippen molar-refractivity contribution in [2.45, 2.75) is 0 Å². The summed E-state index contributed by atoms with van der Waals surface area (Å²) in [5, 5.41) is 4.03. The third-order valence-corrected chi connectivity index (χ3v) is 9.22. The number of hydrogen-bond acceptors (Lipinski definition) is 6. The highest BCUT2D eigenvalue weighted by molar-refractivity contribution is 6.15. The Kier molecular flexibility index (Phi) is 6.39. The molecule has 0 saturated carbocycles. The van der Waals surface area contributed by atoms with Gasteiger partial charge in [0.25, 0.3) is 0 Å². The molecule has 10 aromatic rings. The maximum atomic E-state index is 6.63. The van der Waals surface area contributed by atoms with Gasteiger partial charge in [-0.15, -0.1) is 0 Å². The predicted octanol–water partition coefficient (Wildman–Crippen LogP) is 11.4. The lowest BCUT2D eigenvalue weighted by atomic mass is 9.99. The molecule has 50 heavy (non-hydrogen) atoms. The fourth-order valence-corrected chi connectivity index (χ4v) is 6.82. The monoisotopic (exact) mass is 642 g/mol. The van der Waals surface area contributed by atoms with Crippen molar-refractivity contribution >= 4 is 43.9 Å². The summed E-state index contributed by atoms with van der Waals surface area (Å²) < 4.78 is 12.7. The van der Waals surface area contributed by atoms with Gasteiger partial charge in [0.05, 0.1) is 5.69 Å². The molecule has 0 atom stereocenters. The van der Waals surface area contributed by atoms with Crippen molar-refractivity contribution < 1.29 is 8.83 Å². The summed E-state index contributed by atoms with van der Waals surface area (Å²) in [6.45, 7) is 0. The van der Waals surface area contributed by atoms with Gasteiger partial charge in [-0.1, -0.05) is 109 Å². The first-order chi connectivity index (χ1) is 24.8. The lowest BCUT2D eigenvalue weighted by Crippen LogP contribution is -2.00. The Morgan fingerprint density at radius 1 is 0.380 bits per heavy atom. The van der Waals surface area contributed by atoms with Gasteiger partial charge in [-0.3, -0.25) is 4.98 Å². The maximum absolute atomic E-state index is 6.63. The summed E-state index contributed by atoms with van der Waals surface area (Å²) in [5.41, 5.74) is 10.00. The first-order valence-corrected chi connectivity index (χ1v) is 16.5. The van der Waals surface area contributed by atoms with Gasteiger partial charge in [-0.05, 0) is 48.0 Å². The van der Waals surface area contributed by atoms with Gasteiger partial charge in [0.15, 0.2) is 17.5 Å². The fraction of sp³-hybridized carbons (Fsp3) is 0. The molecular formula is C44H26N4O2. The summed E-state index contributed by atoms with van der Waals surface area (Å²) in [7, 11) is 0. The van der Waals surface area contributed by atoms with Crippen LogP contribution in [0.2, 0.25) is 0 Å². The molecule has 0 amide bonds. The highest BCUT2D eigenvalue weighted by Gasteiger charge is 2.20. The molecule has 0 N–H and O–H groups in total. The minimum Gasteiger partial charge on any atom is -0.456 e. The van der Waals surface area contributed by atoms with Crippen LogP contribution < -0.4 is 0 Å². The summed E-state index contributed by atoms with van der Waals surface area (Å²) >= 11 is 0. The fourth-order valence-electron chi connectivity index (χ4n) is 6.82. The van der Waals surface area contributed by atoms with Crippen molar-refractivity contribution in [1.82, 2.24) is 19.9 Å². The molecule has 0 bridgehead atoms. The van der Waals surface area contributed by atoms with Gasteiger partial charge in [0.2, 0.25) is 0 Å². The molecule has 10 rings (SSSR count). The van der Waals surface area contributed by atoms with E-state index in [2.05, 4.69) is 65.6 Å². The largest absolute Gasteiger partial charge is 0.456 e. The van der Waals surface area contributed by atoms with E-state index in [1.807, 2.05) is 97.2 Å². The van der Waals surface area contributed by atoms with Crippen LogP contribution in [0.5, 0.6) is 0 Å². The number of hydrogen-bond donors (Lipinski definition) is 0. The van der Waals surface area contributed by atoms with Gasteiger partial charge in [0.1, 0.15) is 22.3 Å². The SMILES string of the molecule is c1ccc(-c2nc(-c3ccc4oc5ccccc5c4c3)nc(-c3cccc4oc5c(-c6ccc(-c7ccccn7)cc6)cccc5c34)n2)cc1. The van der Waals surface area contributed by atoms with Crippen LogP contribution in [0.25, 0.3) is 100 Å². The van der Waals surface area contributed by atoms with Crippen LogP contribution in [0.3, 0.4) is 0 Å². The van der Waals surface area contributed by atoms with E-state index in [1.54, 1.807) is 0 Å². The highest BCUT2D eigenvalue weighted by atomic mass is 16.3. The van der Waals surface area contributed by atoms with Gasteiger partial charge in [0, 0.05) is 55.6 Å². The Bertz CT molecular complexity index is 2860. The molecular weight excluding hydrogens is 617 g/mol. The predicted molar refractivity (Wildman–Crippen MR) is 199 cm³/mol. The first-order valence-electron chi connectivity index (χ1n) is 16.5. The third kappa shape index (κ3) is 4.65. The summed E-state index contributed by atoms with van der Waals surface area (Å²) in [4.78, 5) is 19.7. The number of para-hydroxylation sites is 2. The van der Waals surface area contributed by atoms with Gasteiger partial charge >= 0.3 is 0 Å². The molecule has 4 heterocycles. The summed E-state index contributed by atoms with van der Waals surface area (Å²) in [5.74, 6) is 1.75. The van der Waals surface area contributed by atoms with E-state index in [4.69, 9.17) is 23.8 Å². The zero-order valence-corrected chi connectivity index (χ0v) is 26.6. The third-order valence-electron chi connectivity index (χ3n) is 9.22. The molecule has 0 aliphatic heterocycles. The molecule has 6 aromatic carbocycles. The van der Waals surface area contributed by atoms with Crippen molar-refractivity contribution in [1.29, 1.82) is 0 Å². The van der Waals surface area contributed by atoms with Crippen LogP contribution in [-0.4, -0.2) is 19.9 Å². The Morgan fingerprint density at radius 2 is 1.04 bits per heavy atom. The van der Waals surface area contributed by atoms with E-state index >= 15 is 0 Å². The average molecular weight is 643 g/mol. The van der Waals surface area contributed by atoms with E-state index < -0.39 is 0 Å². The second kappa shape index (κ2) is 11.4. The molecule has 4 aromatic heterocycles. The minimum absolute atomic E-state index is 0.574. The van der Waals surface area contributed by atoms with Crippen molar-refractivity contribution in [3.8, 4) is 56.5 Å². The van der Waals surface area contributed by atoms with E-state index in [0.717, 1.165) is 83.0 Å². The van der Waals surface area contributed by atoms with Gasteiger partial charge < -0.3 is 8.83 Å². The minimum atomic E-state index is 0.574. The highest BCUT2D eigenvalue weighted by Crippen LogP contribution is 2.41. The van der Waals surface area contributed by atoms with Crippen LogP contribution in [0.4, 0.5) is 0 Å². The Balaban J connectivity index is 1.15. The summed E-state index contributed by atoms with van der Waals surface area (Å²) in [6.07, 6.45) is 1.81. The standard InChI is InChI=1S/C44H26N4O2/c1-2-10-29(11-3-1)42-46-43(30-23-24-38-35(26-30)32-12-4-5-17-37(32)49-38)48-44(47-42)34-15-9-18-39-40(34)33-14-8-13-31(41(33)50-39)27-19-21-28(22-20-27)36-16-6-7-25-45-36/h1-26H. The second-order valence-electron chi connectivity index (χ2n) is 12.2. The first kappa shape index (κ1) is 28.1. The topological polar surface area (TPSA) is 77.8 Å². The summed E-state index contributed by atoms with van der Waals surface area (Å²) in [6, 6.07) is 51.0. The normalized spacial score (nSPS) is 11.6. The molecule has 0 aliphatic rings. The van der Waals surface area contributed by atoms with Crippen LogP contribution in [0.15, 0.2) is 167 Å². The van der Waals surface area contributed by atoms with Crippen molar-refractivity contribution in [3.05, 3.63) is 158 Å². The molecule has 0 saturated heterocycles. The molecule has 0 aliphatic carbocycles. The molecule has 6 heteroatoms. The smallest absolute Gasteiger partial charge is 0.164 e. The van der Waals surface area contributed by atoms with E-state index in [9.17, 15) is 0 Å². The lowest BCUT2D eigenvalue weighted by molar-refractivity contribution is 0.669. The molecule has 0 unspecified atom stereocenters. The Hall–Kier alpha value is -6.92. The molecule has 0 radical (unpaired) electrons. The van der Waals surface area contributed by atoms with E-state index in [0.29, 0.717) is 17.5 Å². The molecule has 6 nitrogen and oxygen atoms in total. The number of aromatic nitrogens is 4. The average Bonchev–Trinajstić information content (AvgIpc) is 3.77. The van der Waals surface area contributed by atoms with Gasteiger partial charge in [-0.2, -0.15) is 0 Å². The van der Waals surface area contributed by atoms with Crippen LogP contribution in [0, 0.1) is 0 Å². The van der Waals surface area contributed by atoms with E-state index in [1.165, 1.54) is 0 Å². The lowest BCUT2D eigenvalue weighted by Gasteiger charge is -2.09. The van der Waals surface area contributed by atoms with E-state index in [-0.39, 0.29) is 0 Å².